The fourth-order valence-corrected chi connectivity index (χ4v) is 3.37. The lowest BCUT2D eigenvalue weighted by molar-refractivity contribution is 0.193. The van der Waals surface area contributed by atoms with Gasteiger partial charge in [-0.2, -0.15) is 0 Å². The molecule has 3 rings (SSSR count). The average Bonchev–Trinajstić information content (AvgIpc) is 3.17. The predicted molar refractivity (Wildman–Crippen MR) is 74.5 cm³/mol. The van der Waals surface area contributed by atoms with Gasteiger partial charge in [-0.25, -0.2) is 13.4 Å². The van der Waals surface area contributed by atoms with Crippen molar-refractivity contribution < 1.29 is 13.2 Å². The second-order valence-electron chi connectivity index (χ2n) is 4.95. The molecule has 112 valence electrons. The minimum Gasteiger partial charge on any atom is -0.381 e. The molecule has 0 N–H and O–H groups in total. The van der Waals surface area contributed by atoms with E-state index >= 15 is 0 Å². The van der Waals surface area contributed by atoms with E-state index in [1.807, 2.05) is 0 Å². The third kappa shape index (κ3) is 3.27. The number of nitrogens with zero attached hydrogens (tertiary/aromatic N) is 4. The quantitative estimate of drug-likeness (QED) is 0.806. The molecule has 7 nitrogen and oxygen atoms in total. The summed E-state index contributed by atoms with van der Waals surface area (Å²) in [4.78, 5) is 3.88. The molecule has 2 aromatic heterocycles. The zero-order valence-corrected chi connectivity index (χ0v) is 12.2. The summed E-state index contributed by atoms with van der Waals surface area (Å²) >= 11 is 0. The number of pyridine rings is 1. The minimum atomic E-state index is -3.39. The van der Waals surface area contributed by atoms with Crippen LogP contribution >= 0.6 is 0 Å². The molecule has 0 spiro atoms. The van der Waals surface area contributed by atoms with Crippen molar-refractivity contribution in [3.63, 3.8) is 0 Å². The van der Waals surface area contributed by atoms with E-state index in [9.17, 15) is 8.42 Å². The third-order valence-corrected chi connectivity index (χ3v) is 5.05. The summed E-state index contributed by atoms with van der Waals surface area (Å²) < 4.78 is 31.1. The molecule has 0 aliphatic carbocycles. The van der Waals surface area contributed by atoms with Crippen molar-refractivity contribution in [1.29, 1.82) is 0 Å². The summed E-state index contributed by atoms with van der Waals surface area (Å²) in [7, 11) is -3.39. The van der Waals surface area contributed by atoms with Gasteiger partial charge in [0.25, 0.3) is 0 Å². The predicted octanol–water partition coefficient (Wildman–Crippen LogP) is 0.651. The second-order valence-corrected chi connectivity index (χ2v) is 7.01. The van der Waals surface area contributed by atoms with Gasteiger partial charge < -0.3 is 4.74 Å². The lowest BCUT2D eigenvalue weighted by atomic mass is 10.1. The summed E-state index contributed by atoms with van der Waals surface area (Å²) in [5.74, 6) is 0.222. The van der Waals surface area contributed by atoms with Gasteiger partial charge in [0.1, 0.15) is 0 Å². The van der Waals surface area contributed by atoms with Crippen LogP contribution in [-0.2, 0) is 21.1 Å². The van der Waals surface area contributed by atoms with Gasteiger partial charge in [0.15, 0.2) is 14.9 Å². The normalized spacial score (nSPS) is 19.0. The molecule has 2 aromatic rings. The van der Waals surface area contributed by atoms with Crippen molar-refractivity contribution in [2.24, 2.45) is 0 Å². The van der Waals surface area contributed by atoms with Gasteiger partial charge >= 0.3 is 0 Å². The molecule has 1 aliphatic heterocycles. The molecule has 0 bridgehead atoms. The van der Waals surface area contributed by atoms with E-state index in [1.165, 1.54) is 12.3 Å². The van der Waals surface area contributed by atoms with Gasteiger partial charge in [0, 0.05) is 24.9 Å². The Morgan fingerprint density at radius 1 is 1.38 bits per heavy atom. The van der Waals surface area contributed by atoms with E-state index in [0.29, 0.717) is 6.61 Å². The molecule has 1 saturated heterocycles. The van der Waals surface area contributed by atoms with Gasteiger partial charge in [-0.1, -0.05) is 11.3 Å². The average molecular weight is 308 g/mol. The second kappa shape index (κ2) is 5.90. The number of sulfone groups is 1. The number of aryl methyl sites for hydroxylation is 1. The third-order valence-electron chi connectivity index (χ3n) is 3.45. The van der Waals surface area contributed by atoms with Crippen LogP contribution in [0.3, 0.4) is 0 Å². The van der Waals surface area contributed by atoms with E-state index in [-0.39, 0.29) is 23.2 Å². The van der Waals surface area contributed by atoms with Crippen LogP contribution in [-0.4, -0.2) is 47.4 Å². The summed E-state index contributed by atoms with van der Waals surface area (Å²) in [5, 5.41) is 8.17. The molecule has 1 unspecified atom stereocenters. The molecule has 0 saturated carbocycles. The van der Waals surface area contributed by atoms with Gasteiger partial charge in [-0.3, -0.25) is 4.68 Å². The summed E-state index contributed by atoms with van der Waals surface area (Å²) in [6.45, 7) is 1.66. The van der Waals surface area contributed by atoms with E-state index in [4.69, 9.17) is 4.74 Å². The number of ether oxygens (including phenoxy) is 1. The Morgan fingerprint density at radius 3 is 3.00 bits per heavy atom. The van der Waals surface area contributed by atoms with E-state index in [1.54, 1.807) is 23.0 Å². The zero-order chi connectivity index (χ0) is 14.7. The molecule has 0 aromatic carbocycles. The Balaban J connectivity index is 1.65. The molecule has 3 heterocycles. The van der Waals surface area contributed by atoms with Crippen LogP contribution in [0.25, 0.3) is 0 Å². The topological polar surface area (TPSA) is 87.0 Å². The molecule has 1 fully saturated rings. The van der Waals surface area contributed by atoms with Crippen molar-refractivity contribution in [2.75, 3.05) is 19.0 Å². The van der Waals surface area contributed by atoms with Crippen molar-refractivity contribution >= 4 is 9.84 Å². The van der Waals surface area contributed by atoms with Crippen LogP contribution in [0.2, 0.25) is 0 Å². The van der Waals surface area contributed by atoms with Crippen LogP contribution in [0.1, 0.15) is 18.0 Å². The van der Waals surface area contributed by atoms with Crippen LogP contribution < -0.4 is 0 Å². The first-order chi connectivity index (χ1) is 10.1. The first kappa shape index (κ1) is 14.2. The number of hydrogen-bond donors (Lipinski definition) is 0. The fraction of sp³-hybridized carbons (Fsp3) is 0.462. The van der Waals surface area contributed by atoms with Gasteiger partial charge in [0.05, 0.1) is 24.6 Å². The van der Waals surface area contributed by atoms with Crippen molar-refractivity contribution in [2.45, 2.75) is 23.9 Å². The molecule has 0 amide bonds. The molecule has 1 aliphatic rings. The van der Waals surface area contributed by atoms with E-state index < -0.39 is 9.84 Å². The highest BCUT2D eigenvalue weighted by molar-refractivity contribution is 7.91. The summed E-state index contributed by atoms with van der Waals surface area (Å²) in [5.41, 5.74) is 0.864. The van der Waals surface area contributed by atoms with Gasteiger partial charge in [0.2, 0.25) is 0 Å². The Kier molecular flexibility index (Phi) is 3.98. The maximum Gasteiger partial charge on any atom is 0.197 e. The lowest BCUT2D eigenvalue weighted by Gasteiger charge is -2.03. The monoisotopic (exact) mass is 308 g/mol. The molecular formula is C13H16N4O3S. The zero-order valence-electron chi connectivity index (χ0n) is 11.4. The Bertz CT molecular complexity index is 693. The van der Waals surface area contributed by atoms with Crippen LogP contribution in [0.5, 0.6) is 0 Å². The number of hydrogen-bond acceptors (Lipinski definition) is 6. The molecule has 1 atom stereocenters. The molecular weight excluding hydrogens is 292 g/mol. The first-order valence-corrected chi connectivity index (χ1v) is 8.42. The maximum absolute atomic E-state index is 12.1. The van der Waals surface area contributed by atoms with Gasteiger partial charge in [-0.05, 0) is 18.6 Å². The Morgan fingerprint density at radius 2 is 2.29 bits per heavy atom. The van der Waals surface area contributed by atoms with Crippen LogP contribution in [0, 0.1) is 0 Å². The Hall–Kier alpha value is -1.80. The van der Waals surface area contributed by atoms with Crippen LogP contribution in [0.4, 0.5) is 0 Å². The van der Waals surface area contributed by atoms with Crippen LogP contribution in [0.15, 0.2) is 35.6 Å². The lowest BCUT2D eigenvalue weighted by Crippen LogP contribution is -2.14. The highest BCUT2D eigenvalue weighted by atomic mass is 32.2. The summed E-state index contributed by atoms with van der Waals surface area (Å²) in [6.07, 6.45) is 4.21. The minimum absolute atomic E-state index is 0.0476. The molecule has 0 radical (unpaired) electrons. The van der Waals surface area contributed by atoms with E-state index in [0.717, 1.165) is 18.7 Å². The van der Waals surface area contributed by atoms with Gasteiger partial charge in [-0.15, -0.1) is 5.10 Å². The highest BCUT2D eigenvalue weighted by Crippen LogP contribution is 2.22. The van der Waals surface area contributed by atoms with Crippen molar-refractivity contribution in [1.82, 2.24) is 20.0 Å². The Labute approximate surface area is 122 Å². The highest BCUT2D eigenvalue weighted by Gasteiger charge is 2.21. The smallest absolute Gasteiger partial charge is 0.197 e. The number of rotatable bonds is 5. The first-order valence-electron chi connectivity index (χ1n) is 6.77. The standard InChI is InChI=1S/C13H16N4O3S/c18-21(19,13-3-1-2-5-14-13)8-6-17-9-12(15-16-17)11-4-7-20-10-11/h1-3,5,9,11H,4,6-8,10H2. The fourth-order valence-electron chi connectivity index (χ4n) is 2.23. The summed E-state index contributed by atoms with van der Waals surface area (Å²) in [6, 6.07) is 4.85. The SMILES string of the molecule is O=S(=O)(CCn1cc(C2CCOC2)nn1)c1ccccn1. The number of aromatic nitrogens is 4. The maximum atomic E-state index is 12.1. The van der Waals surface area contributed by atoms with Crippen molar-refractivity contribution in [3.05, 3.63) is 36.3 Å². The van der Waals surface area contributed by atoms with Crippen molar-refractivity contribution in [3.8, 4) is 0 Å². The van der Waals surface area contributed by atoms with E-state index in [2.05, 4.69) is 15.3 Å². The largest absolute Gasteiger partial charge is 0.381 e. The molecule has 21 heavy (non-hydrogen) atoms. The molecule has 8 heteroatoms.